The predicted octanol–water partition coefficient (Wildman–Crippen LogP) is -0.514. The van der Waals surface area contributed by atoms with Crippen LogP contribution in [0.4, 0.5) is 5.82 Å². The zero-order valence-corrected chi connectivity index (χ0v) is 10.6. The van der Waals surface area contributed by atoms with Gasteiger partial charge in [0.1, 0.15) is 4.90 Å². The molecule has 0 bridgehead atoms. The van der Waals surface area contributed by atoms with Gasteiger partial charge in [0.15, 0.2) is 6.20 Å². The summed E-state index contributed by atoms with van der Waals surface area (Å²) >= 11 is 0. The summed E-state index contributed by atoms with van der Waals surface area (Å²) in [5, 5.41) is 13.6. The van der Waals surface area contributed by atoms with Crippen LogP contribution < -0.4 is 10.0 Å². The highest BCUT2D eigenvalue weighted by atomic mass is 32.2. The zero-order chi connectivity index (χ0) is 13.6. The van der Waals surface area contributed by atoms with Gasteiger partial charge in [-0.2, -0.15) is 0 Å². The summed E-state index contributed by atoms with van der Waals surface area (Å²) in [5.41, 5.74) is 0. The monoisotopic (exact) mass is 284 g/mol. The van der Waals surface area contributed by atoms with Crippen molar-refractivity contribution in [2.24, 2.45) is 11.8 Å². The molecule has 1 aliphatic carbocycles. The first-order valence-corrected chi connectivity index (χ1v) is 7.31. The van der Waals surface area contributed by atoms with Gasteiger partial charge in [-0.15, -0.1) is 0 Å². The molecule has 1 saturated heterocycles. The number of piperidine rings is 1. The molecule has 0 radical (unpaired) electrons. The number of fused-ring (bicyclic) bond motifs is 1. The second-order valence-electron chi connectivity index (χ2n) is 4.74. The summed E-state index contributed by atoms with van der Waals surface area (Å²) in [6, 6.07) is 2.26. The van der Waals surface area contributed by atoms with Crippen LogP contribution in [0.25, 0.3) is 0 Å². The molecule has 0 aromatic carbocycles. The molecule has 1 aliphatic heterocycles. The van der Waals surface area contributed by atoms with Crippen LogP contribution in [0.3, 0.4) is 0 Å². The molecule has 2 heterocycles. The Morgan fingerprint density at radius 1 is 1.37 bits per heavy atom. The van der Waals surface area contributed by atoms with E-state index < -0.39 is 14.9 Å². The van der Waals surface area contributed by atoms with Gasteiger partial charge in [0, 0.05) is 12.1 Å². The summed E-state index contributed by atoms with van der Waals surface area (Å²) in [6.45, 7) is 1.66. The van der Waals surface area contributed by atoms with Gasteiger partial charge in [-0.05, 0) is 40.9 Å². The lowest BCUT2D eigenvalue weighted by Gasteiger charge is -2.07. The van der Waals surface area contributed by atoms with Gasteiger partial charge < -0.3 is 15.4 Å². The van der Waals surface area contributed by atoms with Crippen LogP contribution in [0.2, 0.25) is 0 Å². The lowest BCUT2D eigenvalue weighted by atomic mass is 10.4. The van der Waals surface area contributed by atoms with Crippen molar-refractivity contribution in [2.75, 3.05) is 13.1 Å². The summed E-state index contributed by atoms with van der Waals surface area (Å²) in [4.78, 5) is 13.3. The van der Waals surface area contributed by atoms with Crippen molar-refractivity contribution in [3.63, 3.8) is 0 Å². The summed E-state index contributed by atoms with van der Waals surface area (Å²) < 4.78 is 26.7. The van der Waals surface area contributed by atoms with E-state index in [-0.39, 0.29) is 16.8 Å². The smallest absolute Gasteiger partial charge is 0.358 e. The van der Waals surface area contributed by atoms with E-state index in [1.165, 1.54) is 6.07 Å². The van der Waals surface area contributed by atoms with Crippen molar-refractivity contribution in [3.8, 4) is 0 Å². The first-order valence-electron chi connectivity index (χ1n) is 5.82. The highest BCUT2D eigenvalue weighted by Crippen LogP contribution is 2.42. The van der Waals surface area contributed by atoms with Crippen LogP contribution in [0.1, 0.15) is 0 Å². The van der Waals surface area contributed by atoms with E-state index in [2.05, 4.69) is 15.0 Å². The summed E-state index contributed by atoms with van der Waals surface area (Å²) in [6.07, 6.45) is 1.01. The Kier molecular flexibility index (Phi) is 2.77. The van der Waals surface area contributed by atoms with Gasteiger partial charge in [-0.1, -0.05) is 0 Å². The van der Waals surface area contributed by atoms with E-state index in [9.17, 15) is 18.5 Å². The Morgan fingerprint density at radius 3 is 2.58 bits per heavy atom. The number of sulfonamides is 1. The van der Waals surface area contributed by atoms with E-state index in [1.54, 1.807) is 0 Å². The average Bonchev–Trinajstić information content (AvgIpc) is 2.82. The molecule has 9 heteroatoms. The third kappa shape index (κ3) is 2.20. The summed E-state index contributed by atoms with van der Waals surface area (Å²) in [5.74, 6) is 0.355. The number of rotatable bonds is 4. The Labute approximate surface area is 109 Å². The van der Waals surface area contributed by atoms with Crippen molar-refractivity contribution in [2.45, 2.75) is 10.9 Å². The molecule has 19 heavy (non-hydrogen) atoms. The van der Waals surface area contributed by atoms with Crippen LogP contribution in [-0.2, 0) is 10.0 Å². The second-order valence-corrected chi connectivity index (χ2v) is 6.46. The molecule has 2 N–H and O–H groups in total. The first kappa shape index (κ1) is 12.5. The quantitative estimate of drug-likeness (QED) is 0.568. The van der Waals surface area contributed by atoms with E-state index >= 15 is 0 Å². The molecular weight excluding hydrogens is 272 g/mol. The van der Waals surface area contributed by atoms with E-state index in [1.807, 2.05) is 0 Å². The van der Waals surface area contributed by atoms with Crippen molar-refractivity contribution >= 4 is 15.8 Å². The molecule has 3 rings (SSSR count). The summed E-state index contributed by atoms with van der Waals surface area (Å²) in [7, 11) is -3.64. The number of nitrogens with one attached hydrogen (secondary N) is 2. The van der Waals surface area contributed by atoms with Crippen molar-refractivity contribution in [1.29, 1.82) is 0 Å². The van der Waals surface area contributed by atoms with Crippen molar-refractivity contribution in [3.05, 3.63) is 28.4 Å². The normalized spacial score (nSPS) is 28.9. The minimum absolute atomic E-state index is 0.0264. The second kappa shape index (κ2) is 4.22. The highest BCUT2D eigenvalue weighted by molar-refractivity contribution is 7.89. The van der Waals surface area contributed by atoms with Gasteiger partial charge >= 0.3 is 5.82 Å². The standard InChI is InChI=1S/C10H12N4O4S/c15-14(16)9-2-1-6(3-12-9)19(17,18)13-10-7-4-11-5-8(7)10/h1-3,7-8,10-11,13H,4-5H2. The number of hydrogen-bond acceptors (Lipinski definition) is 6. The van der Waals surface area contributed by atoms with Crippen LogP contribution in [0.15, 0.2) is 23.2 Å². The van der Waals surface area contributed by atoms with Crippen LogP contribution in [-0.4, -0.2) is 37.5 Å². The molecule has 1 aromatic rings. The van der Waals surface area contributed by atoms with Crippen molar-refractivity contribution in [1.82, 2.24) is 15.0 Å². The molecule has 8 nitrogen and oxygen atoms in total. The third-order valence-electron chi connectivity index (χ3n) is 3.60. The molecule has 1 saturated carbocycles. The van der Waals surface area contributed by atoms with Crippen LogP contribution >= 0.6 is 0 Å². The van der Waals surface area contributed by atoms with Gasteiger partial charge in [0.05, 0.1) is 0 Å². The molecule has 2 aliphatic rings. The Bertz CT molecular complexity index is 605. The molecule has 102 valence electrons. The maximum Gasteiger partial charge on any atom is 0.363 e. The molecule has 2 unspecified atom stereocenters. The average molecular weight is 284 g/mol. The largest absolute Gasteiger partial charge is 0.363 e. The minimum atomic E-state index is -3.64. The topological polar surface area (TPSA) is 114 Å². The van der Waals surface area contributed by atoms with Crippen molar-refractivity contribution < 1.29 is 13.3 Å². The fourth-order valence-electron chi connectivity index (χ4n) is 2.48. The SMILES string of the molecule is O=[N+]([O-])c1ccc(S(=O)(=O)NC2C3CNCC32)cn1. The van der Waals surface area contributed by atoms with E-state index in [4.69, 9.17) is 0 Å². The highest BCUT2D eigenvalue weighted by Gasteiger charge is 2.54. The molecule has 0 spiro atoms. The first-order chi connectivity index (χ1) is 8.99. The van der Waals surface area contributed by atoms with Crippen LogP contribution in [0.5, 0.6) is 0 Å². The third-order valence-corrected chi connectivity index (χ3v) is 5.05. The number of hydrogen-bond donors (Lipinski definition) is 2. The van der Waals surface area contributed by atoms with Crippen LogP contribution in [0, 0.1) is 22.0 Å². The van der Waals surface area contributed by atoms with E-state index in [0.29, 0.717) is 11.8 Å². The molecular formula is C10H12N4O4S. The van der Waals surface area contributed by atoms with Gasteiger partial charge in [0.25, 0.3) is 0 Å². The molecule has 2 fully saturated rings. The number of nitrogens with zero attached hydrogens (tertiary/aromatic N) is 2. The van der Waals surface area contributed by atoms with E-state index in [0.717, 1.165) is 25.4 Å². The number of aromatic nitrogens is 1. The Morgan fingerprint density at radius 2 is 2.05 bits per heavy atom. The molecule has 2 atom stereocenters. The fraction of sp³-hybridized carbons (Fsp3) is 0.500. The van der Waals surface area contributed by atoms with Gasteiger partial charge in [0.2, 0.25) is 10.0 Å². The number of nitro groups is 1. The lowest BCUT2D eigenvalue weighted by molar-refractivity contribution is -0.389. The predicted molar refractivity (Wildman–Crippen MR) is 64.9 cm³/mol. The maximum atomic E-state index is 12.1. The maximum absolute atomic E-state index is 12.1. The minimum Gasteiger partial charge on any atom is -0.358 e. The van der Waals surface area contributed by atoms with Gasteiger partial charge in [-0.3, -0.25) is 0 Å². The Balaban J connectivity index is 1.75. The Hall–Kier alpha value is -1.58. The zero-order valence-electron chi connectivity index (χ0n) is 9.81. The van der Waals surface area contributed by atoms with Gasteiger partial charge in [-0.25, -0.2) is 13.1 Å². The lowest BCUT2D eigenvalue weighted by Crippen LogP contribution is -2.32. The fourth-order valence-corrected chi connectivity index (χ4v) is 3.76. The number of pyridine rings is 1. The molecule has 0 amide bonds. The molecule has 1 aromatic heterocycles.